The molecule has 2 N–H and O–H groups in total. The topological polar surface area (TPSA) is 67.2 Å². The molecule has 5 heteroatoms. The third-order valence-electron chi connectivity index (χ3n) is 3.99. The van der Waals surface area contributed by atoms with Gasteiger partial charge >= 0.3 is 0 Å². The van der Waals surface area contributed by atoms with Gasteiger partial charge in [-0.15, -0.1) is 0 Å². The molecular formula is C19H19N3O2. The average molecular weight is 321 g/mol. The molecule has 0 aliphatic carbocycles. The molecule has 3 rings (SSSR count). The number of rotatable bonds is 4. The summed E-state index contributed by atoms with van der Waals surface area (Å²) in [4.78, 5) is 16.4. The van der Waals surface area contributed by atoms with Crippen molar-refractivity contribution in [2.45, 2.75) is 20.5 Å². The highest BCUT2D eigenvalue weighted by Crippen LogP contribution is 2.18. The molecule has 0 atom stereocenters. The van der Waals surface area contributed by atoms with Crippen molar-refractivity contribution in [3.05, 3.63) is 77.4 Å². The van der Waals surface area contributed by atoms with Crippen LogP contribution in [-0.2, 0) is 6.61 Å². The molecule has 0 saturated carbocycles. The summed E-state index contributed by atoms with van der Waals surface area (Å²) in [6, 6.07) is 13.2. The number of aromatic nitrogens is 2. The number of amides is 1. The number of aliphatic hydroxyl groups is 1. The summed E-state index contributed by atoms with van der Waals surface area (Å²) >= 11 is 0. The van der Waals surface area contributed by atoms with Crippen LogP contribution in [0.15, 0.2) is 54.9 Å². The van der Waals surface area contributed by atoms with Crippen LogP contribution >= 0.6 is 0 Å². The summed E-state index contributed by atoms with van der Waals surface area (Å²) in [5.41, 5.74) is 5.01. The Labute approximate surface area is 140 Å². The summed E-state index contributed by atoms with van der Waals surface area (Å²) in [6.45, 7) is 3.95. The van der Waals surface area contributed by atoms with E-state index in [1.54, 1.807) is 24.4 Å². The van der Waals surface area contributed by atoms with Gasteiger partial charge in [-0.3, -0.25) is 9.78 Å². The van der Waals surface area contributed by atoms with Gasteiger partial charge in [-0.1, -0.05) is 0 Å². The fourth-order valence-electron chi connectivity index (χ4n) is 2.71. The first-order valence-corrected chi connectivity index (χ1v) is 7.70. The van der Waals surface area contributed by atoms with E-state index in [1.165, 1.54) is 6.20 Å². The monoisotopic (exact) mass is 321 g/mol. The number of nitrogens with zero attached hydrogens (tertiary/aromatic N) is 2. The van der Waals surface area contributed by atoms with E-state index in [1.807, 2.05) is 26.0 Å². The van der Waals surface area contributed by atoms with Gasteiger partial charge in [0, 0.05) is 34.4 Å². The van der Waals surface area contributed by atoms with E-state index < -0.39 is 0 Å². The highest BCUT2D eigenvalue weighted by molar-refractivity contribution is 6.04. The van der Waals surface area contributed by atoms with Crippen LogP contribution in [-0.4, -0.2) is 20.6 Å². The van der Waals surface area contributed by atoms with Crippen molar-refractivity contribution < 1.29 is 9.90 Å². The molecule has 24 heavy (non-hydrogen) atoms. The van der Waals surface area contributed by atoms with Crippen molar-refractivity contribution in [2.75, 3.05) is 5.32 Å². The van der Waals surface area contributed by atoms with Gasteiger partial charge in [-0.25, -0.2) is 0 Å². The largest absolute Gasteiger partial charge is 0.392 e. The van der Waals surface area contributed by atoms with Gasteiger partial charge < -0.3 is 15.0 Å². The van der Waals surface area contributed by atoms with E-state index >= 15 is 0 Å². The Balaban J connectivity index is 1.82. The number of carbonyl (C=O) groups is 1. The van der Waals surface area contributed by atoms with Crippen LogP contribution in [0.4, 0.5) is 5.69 Å². The Morgan fingerprint density at radius 2 is 1.75 bits per heavy atom. The van der Waals surface area contributed by atoms with Gasteiger partial charge in [0.2, 0.25) is 0 Å². The van der Waals surface area contributed by atoms with Crippen molar-refractivity contribution in [3.8, 4) is 5.69 Å². The minimum atomic E-state index is -0.231. The van der Waals surface area contributed by atoms with Crippen LogP contribution in [0, 0.1) is 13.8 Å². The quantitative estimate of drug-likeness (QED) is 0.775. The summed E-state index contributed by atoms with van der Waals surface area (Å²) in [5, 5.41) is 12.1. The van der Waals surface area contributed by atoms with Crippen LogP contribution < -0.4 is 5.32 Å². The summed E-state index contributed by atoms with van der Waals surface area (Å²) in [5.74, 6) is -0.231. The zero-order valence-corrected chi connectivity index (χ0v) is 13.7. The lowest BCUT2D eigenvalue weighted by Gasteiger charge is -2.11. The van der Waals surface area contributed by atoms with Crippen LogP contribution in [0.1, 0.15) is 27.3 Å². The smallest absolute Gasteiger partial charge is 0.255 e. The van der Waals surface area contributed by atoms with E-state index in [4.69, 9.17) is 0 Å². The lowest BCUT2D eigenvalue weighted by Crippen LogP contribution is -2.13. The number of pyridine rings is 1. The molecule has 0 aliphatic heterocycles. The van der Waals surface area contributed by atoms with Gasteiger partial charge in [0.25, 0.3) is 5.91 Å². The molecule has 0 aliphatic rings. The predicted octanol–water partition coefficient (Wildman–Crippen LogP) is 3.23. The average Bonchev–Trinajstić information content (AvgIpc) is 2.94. The van der Waals surface area contributed by atoms with Gasteiger partial charge in [-0.05, 0) is 56.3 Å². The highest BCUT2D eigenvalue weighted by atomic mass is 16.3. The Morgan fingerprint density at radius 1 is 1.08 bits per heavy atom. The highest BCUT2D eigenvalue weighted by Gasteiger charge is 2.10. The Morgan fingerprint density at radius 3 is 2.38 bits per heavy atom. The van der Waals surface area contributed by atoms with E-state index in [0.29, 0.717) is 16.8 Å². The third-order valence-corrected chi connectivity index (χ3v) is 3.99. The summed E-state index contributed by atoms with van der Waals surface area (Å²) in [6.07, 6.45) is 3.11. The van der Waals surface area contributed by atoms with Crippen molar-refractivity contribution in [3.63, 3.8) is 0 Å². The number of nitrogens with one attached hydrogen (secondary N) is 1. The second kappa shape index (κ2) is 6.68. The van der Waals surface area contributed by atoms with Gasteiger partial charge in [0.05, 0.1) is 18.5 Å². The van der Waals surface area contributed by atoms with Crippen molar-refractivity contribution in [2.24, 2.45) is 0 Å². The number of hydrogen-bond donors (Lipinski definition) is 2. The third kappa shape index (κ3) is 3.07. The first-order valence-electron chi connectivity index (χ1n) is 7.70. The maximum atomic E-state index is 12.4. The molecular weight excluding hydrogens is 302 g/mol. The molecule has 0 radical (unpaired) electrons. The molecule has 3 aromatic rings. The van der Waals surface area contributed by atoms with Crippen molar-refractivity contribution in [1.29, 1.82) is 0 Å². The molecule has 0 bridgehead atoms. The van der Waals surface area contributed by atoms with E-state index in [-0.39, 0.29) is 12.5 Å². The Hall–Kier alpha value is -2.92. The molecule has 0 saturated heterocycles. The van der Waals surface area contributed by atoms with Crippen molar-refractivity contribution >= 4 is 11.6 Å². The lowest BCUT2D eigenvalue weighted by molar-refractivity contribution is 0.102. The van der Waals surface area contributed by atoms with E-state index in [2.05, 4.69) is 27.0 Å². The second-order valence-corrected chi connectivity index (χ2v) is 5.64. The van der Waals surface area contributed by atoms with Gasteiger partial charge in [-0.2, -0.15) is 0 Å². The molecule has 0 fully saturated rings. The standard InChI is InChI=1S/C19H19N3O2/c1-13-3-4-14(2)22(13)17-7-5-15(6-8-17)19(24)21-18-11-20-10-9-16(18)12-23/h3-11,23H,12H2,1-2H3,(H,21,24). The Bertz CT molecular complexity index is 847. The predicted molar refractivity (Wildman–Crippen MR) is 93.4 cm³/mol. The first-order chi connectivity index (χ1) is 11.6. The van der Waals surface area contributed by atoms with Crippen LogP contribution in [0.3, 0.4) is 0 Å². The second-order valence-electron chi connectivity index (χ2n) is 5.64. The fraction of sp³-hybridized carbons (Fsp3) is 0.158. The minimum Gasteiger partial charge on any atom is -0.392 e. The molecule has 2 aromatic heterocycles. The van der Waals surface area contributed by atoms with Crippen LogP contribution in [0.2, 0.25) is 0 Å². The minimum absolute atomic E-state index is 0.150. The van der Waals surface area contributed by atoms with Crippen molar-refractivity contribution in [1.82, 2.24) is 9.55 Å². The van der Waals surface area contributed by atoms with Gasteiger partial charge in [0.1, 0.15) is 0 Å². The number of aliphatic hydroxyl groups excluding tert-OH is 1. The summed E-state index contributed by atoms with van der Waals surface area (Å²) in [7, 11) is 0. The summed E-state index contributed by atoms with van der Waals surface area (Å²) < 4.78 is 2.13. The van der Waals surface area contributed by atoms with E-state index in [9.17, 15) is 9.90 Å². The molecule has 5 nitrogen and oxygen atoms in total. The van der Waals surface area contributed by atoms with Crippen LogP contribution in [0.5, 0.6) is 0 Å². The normalized spacial score (nSPS) is 10.6. The molecule has 0 unspecified atom stereocenters. The molecule has 1 amide bonds. The fourth-order valence-corrected chi connectivity index (χ4v) is 2.71. The number of aryl methyl sites for hydroxylation is 2. The zero-order valence-electron chi connectivity index (χ0n) is 13.7. The first kappa shape index (κ1) is 16.0. The maximum Gasteiger partial charge on any atom is 0.255 e. The Kier molecular flexibility index (Phi) is 4.44. The van der Waals surface area contributed by atoms with E-state index in [0.717, 1.165) is 17.1 Å². The molecule has 1 aromatic carbocycles. The van der Waals surface area contributed by atoms with Gasteiger partial charge in [0.15, 0.2) is 0 Å². The maximum absolute atomic E-state index is 12.4. The molecule has 2 heterocycles. The number of carbonyl (C=O) groups excluding carboxylic acids is 1. The number of anilines is 1. The van der Waals surface area contributed by atoms with Crippen LogP contribution in [0.25, 0.3) is 5.69 Å². The number of hydrogen-bond acceptors (Lipinski definition) is 3. The lowest BCUT2D eigenvalue weighted by atomic mass is 10.1. The molecule has 0 spiro atoms. The SMILES string of the molecule is Cc1ccc(C)n1-c1ccc(C(=O)Nc2cnccc2CO)cc1. The zero-order chi connectivity index (χ0) is 17.1. The number of benzene rings is 1. The molecule has 122 valence electrons.